The molecule has 0 radical (unpaired) electrons. The molecule has 0 bridgehead atoms. The number of carbonyl (C=O) groups is 2. The summed E-state index contributed by atoms with van der Waals surface area (Å²) < 4.78 is 17.9. The normalized spacial score (nSPS) is 11.7. The van der Waals surface area contributed by atoms with E-state index in [9.17, 15) is 14.0 Å². The number of hydrogen-bond donors (Lipinski definition) is 1. The largest absolute Gasteiger partial charge is 0.466 e. The third-order valence-electron chi connectivity index (χ3n) is 2.30. The summed E-state index contributed by atoms with van der Waals surface area (Å²) in [5, 5.41) is 2.61. The number of carbonyl (C=O) groups excluding carboxylic acids is 2. The third-order valence-corrected chi connectivity index (χ3v) is 2.30. The first-order chi connectivity index (χ1) is 8.52. The summed E-state index contributed by atoms with van der Waals surface area (Å²) in [6, 6.07) is 5.21. The van der Waals surface area contributed by atoms with Gasteiger partial charge in [-0.1, -0.05) is 12.1 Å². The lowest BCUT2D eigenvalue weighted by Gasteiger charge is -2.17. The van der Waals surface area contributed by atoms with Gasteiger partial charge >= 0.3 is 5.97 Å². The number of rotatable bonds is 5. The molecule has 18 heavy (non-hydrogen) atoms. The van der Waals surface area contributed by atoms with Crippen LogP contribution in [0.1, 0.15) is 31.9 Å². The SMILES string of the molecule is CCOC(=O)C[C@H](NC(C)=O)c1cccc(F)c1. The summed E-state index contributed by atoms with van der Waals surface area (Å²) in [4.78, 5) is 22.5. The van der Waals surface area contributed by atoms with Gasteiger partial charge in [-0.15, -0.1) is 0 Å². The monoisotopic (exact) mass is 253 g/mol. The maximum atomic E-state index is 13.1. The Bertz CT molecular complexity index is 434. The Kier molecular flexibility index (Phi) is 5.30. The van der Waals surface area contributed by atoms with E-state index in [-0.39, 0.29) is 18.9 Å². The van der Waals surface area contributed by atoms with Crippen LogP contribution in [0.4, 0.5) is 4.39 Å². The topological polar surface area (TPSA) is 55.4 Å². The number of amides is 1. The van der Waals surface area contributed by atoms with E-state index in [1.165, 1.54) is 25.1 Å². The molecule has 4 nitrogen and oxygen atoms in total. The highest BCUT2D eigenvalue weighted by atomic mass is 19.1. The van der Waals surface area contributed by atoms with Gasteiger partial charge in [0.15, 0.2) is 0 Å². The van der Waals surface area contributed by atoms with E-state index >= 15 is 0 Å². The molecule has 0 saturated heterocycles. The second kappa shape index (κ2) is 6.74. The Morgan fingerprint density at radius 3 is 2.72 bits per heavy atom. The number of ether oxygens (including phenoxy) is 1. The molecule has 1 rings (SSSR count). The Morgan fingerprint density at radius 2 is 2.17 bits per heavy atom. The maximum Gasteiger partial charge on any atom is 0.308 e. The second-order valence-corrected chi connectivity index (χ2v) is 3.82. The fourth-order valence-corrected chi connectivity index (χ4v) is 1.61. The van der Waals surface area contributed by atoms with Crippen LogP contribution in [0.3, 0.4) is 0 Å². The van der Waals surface area contributed by atoms with E-state index in [0.29, 0.717) is 5.56 Å². The van der Waals surface area contributed by atoms with Gasteiger partial charge in [0, 0.05) is 6.92 Å². The molecule has 0 aliphatic rings. The third kappa shape index (κ3) is 4.53. The minimum atomic E-state index is -0.572. The van der Waals surface area contributed by atoms with Crippen LogP contribution >= 0.6 is 0 Å². The molecule has 98 valence electrons. The molecule has 0 fully saturated rings. The fourth-order valence-electron chi connectivity index (χ4n) is 1.61. The van der Waals surface area contributed by atoms with E-state index in [4.69, 9.17) is 4.74 Å². The lowest BCUT2D eigenvalue weighted by Crippen LogP contribution is -2.28. The summed E-state index contributed by atoms with van der Waals surface area (Å²) in [6.45, 7) is 3.32. The Morgan fingerprint density at radius 1 is 1.44 bits per heavy atom. The molecule has 0 spiro atoms. The molecular weight excluding hydrogens is 237 g/mol. The Hall–Kier alpha value is -1.91. The average molecular weight is 253 g/mol. The van der Waals surface area contributed by atoms with Gasteiger partial charge in [0.25, 0.3) is 0 Å². The van der Waals surface area contributed by atoms with Crippen LogP contribution in [0.15, 0.2) is 24.3 Å². The van der Waals surface area contributed by atoms with Crippen molar-refractivity contribution in [2.45, 2.75) is 26.3 Å². The van der Waals surface area contributed by atoms with Crippen LogP contribution in [0.25, 0.3) is 0 Å². The van der Waals surface area contributed by atoms with Crippen LogP contribution in [-0.4, -0.2) is 18.5 Å². The van der Waals surface area contributed by atoms with Crippen molar-refractivity contribution in [3.63, 3.8) is 0 Å². The average Bonchev–Trinajstić information content (AvgIpc) is 2.28. The lowest BCUT2D eigenvalue weighted by molar-refractivity contribution is -0.143. The van der Waals surface area contributed by atoms with Crippen molar-refractivity contribution in [1.29, 1.82) is 0 Å². The van der Waals surface area contributed by atoms with Crippen LogP contribution < -0.4 is 5.32 Å². The van der Waals surface area contributed by atoms with Crippen molar-refractivity contribution in [1.82, 2.24) is 5.32 Å². The highest BCUT2D eigenvalue weighted by molar-refractivity contribution is 5.76. The van der Waals surface area contributed by atoms with Gasteiger partial charge in [0.1, 0.15) is 5.82 Å². The minimum Gasteiger partial charge on any atom is -0.466 e. The zero-order valence-corrected chi connectivity index (χ0v) is 10.4. The van der Waals surface area contributed by atoms with E-state index in [1.807, 2.05) is 0 Å². The van der Waals surface area contributed by atoms with Crippen LogP contribution in [0, 0.1) is 5.82 Å². The van der Waals surface area contributed by atoms with E-state index < -0.39 is 17.8 Å². The molecule has 1 N–H and O–H groups in total. The van der Waals surface area contributed by atoms with Gasteiger partial charge in [0.2, 0.25) is 5.91 Å². The van der Waals surface area contributed by atoms with Gasteiger partial charge in [-0.25, -0.2) is 4.39 Å². The highest BCUT2D eigenvalue weighted by Crippen LogP contribution is 2.18. The van der Waals surface area contributed by atoms with Gasteiger partial charge in [0.05, 0.1) is 19.1 Å². The van der Waals surface area contributed by atoms with Crippen molar-refractivity contribution in [3.05, 3.63) is 35.6 Å². The maximum absolute atomic E-state index is 13.1. The first-order valence-corrected chi connectivity index (χ1v) is 5.71. The van der Waals surface area contributed by atoms with Gasteiger partial charge in [-0.3, -0.25) is 9.59 Å². The first-order valence-electron chi connectivity index (χ1n) is 5.71. The molecular formula is C13H16FNO3. The second-order valence-electron chi connectivity index (χ2n) is 3.82. The summed E-state index contributed by atoms with van der Waals surface area (Å²) in [6.07, 6.45) is -0.0170. The number of nitrogens with one attached hydrogen (secondary N) is 1. The van der Waals surface area contributed by atoms with E-state index in [2.05, 4.69) is 5.32 Å². The molecule has 5 heteroatoms. The molecule has 1 aromatic rings. The molecule has 0 aliphatic carbocycles. The zero-order valence-electron chi connectivity index (χ0n) is 10.4. The predicted molar refractivity (Wildman–Crippen MR) is 64.2 cm³/mol. The number of benzene rings is 1. The Balaban J connectivity index is 2.84. The van der Waals surface area contributed by atoms with Crippen molar-refractivity contribution in [2.24, 2.45) is 0 Å². The number of halogens is 1. The first kappa shape index (κ1) is 14.2. The van der Waals surface area contributed by atoms with Crippen LogP contribution in [0.5, 0.6) is 0 Å². The van der Waals surface area contributed by atoms with Crippen molar-refractivity contribution >= 4 is 11.9 Å². The standard InChI is InChI=1S/C13H16FNO3/c1-3-18-13(17)8-12(15-9(2)16)10-5-4-6-11(14)7-10/h4-7,12H,3,8H2,1-2H3,(H,15,16)/t12-/m0/s1. The van der Waals surface area contributed by atoms with Crippen LogP contribution in [0.2, 0.25) is 0 Å². The lowest BCUT2D eigenvalue weighted by atomic mass is 10.0. The summed E-state index contributed by atoms with van der Waals surface area (Å²) in [5.41, 5.74) is 0.540. The molecule has 0 heterocycles. The van der Waals surface area contributed by atoms with Crippen molar-refractivity contribution in [2.75, 3.05) is 6.61 Å². The summed E-state index contributed by atoms with van der Waals surface area (Å²) >= 11 is 0. The van der Waals surface area contributed by atoms with Gasteiger partial charge < -0.3 is 10.1 Å². The highest BCUT2D eigenvalue weighted by Gasteiger charge is 2.18. The van der Waals surface area contributed by atoms with Gasteiger partial charge in [-0.05, 0) is 24.6 Å². The van der Waals surface area contributed by atoms with Crippen LogP contribution in [-0.2, 0) is 14.3 Å². The summed E-state index contributed by atoms with van der Waals surface area (Å²) in [5.74, 6) is -1.12. The predicted octanol–water partition coefficient (Wildman–Crippen LogP) is 1.96. The van der Waals surface area contributed by atoms with Crippen molar-refractivity contribution < 1.29 is 18.7 Å². The molecule has 0 aliphatic heterocycles. The smallest absolute Gasteiger partial charge is 0.308 e. The fraction of sp³-hybridized carbons (Fsp3) is 0.385. The zero-order chi connectivity index (χ0) is 13.5. The molecule has 0 unspecified atom stereocenters. The minimum absolute atomic E-state index is 0.0170. The molecule has 1 aromatic carbocycles. The van der Waals surface area contributed by atoms with E-state index in [0.717, 1.165) is 0 Å². The number of esters is 1. The summed E-state index contributed by atoms with van der Waals surface area (Å²) in [7, 11) is 0. The Labute approximate surface area is 105 Å². The molecule has 0 aromatic heterocycles. The number of hydrogen-bond acceptors (Lipinski definition) is 3. The quantitative estimate of drug-likeness (QED) is 0.816. The van der Waals surface area contributed by atoms with E-state index in [1.54, 1.807) is 13.0 Å². The molecule has 0 saturated carbocycles. The molecule has 1 amide bonds. The molecule has 1 atom stereocenters. The van der Waals surface area contributed by atoms with Crippen molar-refractivity contribution in [3.8, 4) is 0 Å². The van der Waals surface area contributed by atoms with Gasteiger partial charge in [-0.2, -0.15) is 0 Å².